The minimum atomic E-state index is -1.12. The molecule has 1 aromatic heterocycles. The van der Waals surface area contributed by atoms with Gasteiger partial charge in [-0.05, 0) is 94.1 Å². The number of urea groups is 1. The Kier molecular flexibility index (Phi) is 15.4. The number of aromatic nitrogens is 2. The lowest BCUT2D eigenvalue weighted by Crippen LogP contribution is -2.53. The number of ether oxygens (including phenoxy) is 3. The van der Waals surface area contributed by atoms with Gasteiger partial charge in [0.15, 0.2) is 28.8 Å². The first-order valence-corrected chi connectivity index (χ1v) is 27.0. The number of anilines is 1. The number of amides is 5. The Morgan fingerprint density at radius 1 is 0.883 bits per heavy atom. The Morgan fingerprint density at radius 3 is 2.27 bits per heavy atom. The van der Waals surface area contributed by atoms with Crippen LogP contribution in [0.1, 0.15) is 111 Å². The second-order valence-corrected chi connectivity index (χ2v) is 21.9. The van der Waals surface area contributed by atoms with E-state index in [-0.39, 0.29) is 112 Å². The first-order chi connectivity index (χ1) is 37.0. The van der Waals surface area contributed by atoms with Crippen LogP contribution in [0.2, 0.25) is 5.02 Å². The van der Waals surface area contributed by atoms with Crippen LogP contribution in [-0.2, 0) is 27.0 Å². The second-order valence-electron chi connectivity index (χ2n) is 21.5. The van der Waals surface area contributed by atoms with Crippen LogP contribution in [0.3, 0.4) is 0 Å². The Labute approximate surface area is 449 Å². The van der Waals surface area contributed by atoms with Crippen molar-refractivity contribution < 1.29 is 51.0 Å². The Bertz CT molecular complexity index is 3100. The minimum Gasteiger partial charge on any atom is -0.488 e. The van der Waals surface area contributed by atoms with Gasteiger partial charge in [-0.2, -0.15) is 5.10 Å². The Balaban J connectivity index is 0.775. The maximum absolute atomic E-state index is 16.8. The van der Waals surface area contributed by atoms with Crippen LogP contribution >= 0.6 is 11.6 Å². The summed E-state index contributed by atoms with van der Waals surface area (Å²) in [6, 6.07) is 14.4. The number of hydrogen-bond donors (Lipinski definition) is 3. The molecular formula is C57H65ClF4N8O7. The zero-order chi connectivity index (χ0) is 54.5. The lowest BCUT2D eigenvalue weighted by atomic mass is 9.72. The maximum atomic E-state index is 16.8. The highest BCUT2D eigenvalue weighted by atomic mass is 35.5. The van der Waals surface area contributed by atoms with Gasteiger partial charge in [0.05, 0.1) is 22.6 Å². The molecule has 5 aromatic rings. The van der Waals surface area contributed by atoms with Crippen LogP contribution < -0.4 is 30.3 Å². The Hall–Kier alpha value is -6.28. The van der Waals surface area contributed by atoms with E-state index in [2.05, 4.69) is 32.9 Å². The highest BCUT2D eigenvalue weighted by Gasteiger charge is 2.51. The number of carbonyl (C=O) groups excluding carboxylic acids is 4. The third-order valence-corrected chi connectivity index (χ3v) is 17.5. The van der Waals surface area contributed by atoms with Gasteiger partial charge in [0.25, 0.3) is 5.91 Å². The summed E-state index contributed by atoms with van der Waals surface area (Å²) in [7, 11) is 4.48. The molecule has 0 bridgehead atoms. The number of carbonyl (C=O) groups is 4. The highest BCUT2D eigenvalue weighted by Crippen LogP contribution is 2.57. The number of rotatable bonds is 14. The minimum absolute atomic E-state index is 0.00816. The van der Waals surface area contributed by atoms with Gasteiger partial charge >= 0.3 is 6.03 Å². The lowest BCUT2D eigenvalue weighted by Gasteiger charge is -2.45. The van der Waals surface area contributed by atoms with Gasteiger partial charge in [0, 0.05) is 106 Å². The van der Waals surface area contributed by atoms with E-state index < -0.39 is 58.0 Å². The van der Waals surface area contributed by atoms with Crippen molar-refractivity contribution in [3.8, 4) is 22.6 Å². The molecule has 1 aliphatic carbocycles. The molecule has 10 rings (SSSR count). The quantitative estimate of drug-likeness (QED) is 0.0724. The van der Waals surface area contributed by atoms with E-state index in [1.54, 1.807) is 7.05 Å². The van der Waals surface area contributed by atoms with Gasteiger partial charge in [0.1, 0.15) is 29.5 Å². The number of benzene rings is 4. The van der Waals surface area contributed by atoms with Crippen molar-refractivity contribution >= 4 is 52.1 Å². The van der Waals surface area contributed by atoms with Crippen LogP contribution in [0.4, 0.5) is 28.2 Å². The van der Waals surface area contributed by atoms with Gasteiger partial charge in [-0.1, -0.05) is 55.8 Å². The number of halogens is 5. The summed E-state index contributed by atoms with van der Waals surface area (Å²) >= 11 is 6.83. The van der Waals surface area contributed by atoms with E-state index >= 15 is 17.6 Å². The van der Waals surface area contributed by atoms with Crippen molar-refractivity contribution in [2.24, 2.45) is 12.5 Å². The molecule has 77 heavy (non-hydrogen) atoms. The standard InChI is InChI=1S/C57H65ClF4N8O7/c1-32-44-42(30-40(60)48(58)47(44)46-37(53(72)63-3)11-12-41(49(46)61)76-28-27-75-5)77-57(32,34-9-7-6-8-10-34)31-64-35-13-20-56(2,21-14-35)54(73)69-24-17-36(18-25-69)68-22-15-33(16-23-68)45-39(59)29-38-51(50(45)62)67(4)66-52(38)70-26-19-43(71)65-55(70)74/h6-12,29-30,32-33,35-36,64H,13-28,31H2,1-5H3,(H,63,72)(H,65,71,74). The van der Waals surface area contributed by atoms with E-state index in [0.717, 1.165) is 31.2 Å². The smallest absolute Gasteiger partial charge is 0.329 e. The van der Waals surface area contributed by atoms with Gasteiger partial charge in [-0.3, -0.25) is 29.3 Å². The first kappa shape index (κ1) is 54.1. The van der Waals surface area contributed by atoms with Gasteiger partial charge in [-0.15, -0.1) is 0 Å². The van der Waals surface area contributed by atoms with E-state index in [4.69, 9.17) is 25.8 Å². The zero-order valence-electron chi connectivity index (χ0n) is 44.0. The number of aryl methyl sites for hydroxylation is 1. The molecule has 410 valence electrons. The molecule has 20 heteroatoms. The van der Waals surface area contributed by atoms with E-state index in [1.807, 2.05) is 42.2 Å². The van der Waals surface area contributed by atoms with Crippen molar-refractivity contribution in [2.45, 2.75) is 101 Å². The first-order valence-electron chi connectivity index (χ1n) is 26.6. The molecule has 0 spiro atoms. The molecule has 2 atom stereocenters. The van der Waals surface area contributed by atoms with Crippen LogP contribution in [0.25, 0.3) is 22.0 Å². The fourth-order valence-corrected chi connectivity index (χ4v) is 13.0. The summed E-state index contributed by atoms with van der Waals surface area (Å²) in [5.74, 6) is -4.70. The van der Waals surface area contributed by atoms with E-state index in [1.165, 1.54) is 48.0 Å². The number of hydrogen-bond acceptors (Lipinski definition) is 10. The van der Waals surface area contributed by atoms with Gasteiger partial charge in [0.2, 0.25) is 11.8 Å². The van der Waals surface area contributed by atoms with Crippen molar-refractivity contribution in [3.63, 3.8) is 0 Å². The lowest BCUT2D eigenvalue weighted by molar-refractivity contribution is -0.145. The van der Waals surface area contributed by atoms with Crippen LogP contribution in [0.5, 0.6) is 11.5 Å². The number of nitrogens with zero attached hydrogens (tertiary/aromatic N) is 5. The molecule has 4 aromatic carbocycles. The monoisotopic (exact) mass is 1080 g/mol. The van der Waals surface area contributed by atoms with Crippen molar-refractivity contribution in [3.05, 3.63) is 105 Å². The summed E-state index contributed by atoms with van der Waals surface area (Å²) in [5, 5.41) is 12.8. The van der Waals surface area contributed by atoms with E-state index in [0.29, 0.717) is 57.4 Å². The number of fused-ring (bicyclic) bond motifs is 2. The van der Waals surface area contributed by atoms with Crippen LogP contribution in [0.15, 0.2) is 54.6 Å². The number of piperidine rings is 2. The normalized spacial score (nSPS) is 23.5. The molecule has 2 unspecified atom stereocenters. The van der Waals surface area contributed by atoms with E-state index in [9.17, 15) is 19.2 Å². The zero-order valence-corrected chi connectivity index (χ0v) is 44.8. The van der Waals surface area contributed by atoms with Gasteiger partial charge < -0.3 is 34.6 Å². The van der Waals surface area contributed by atoms with Crippen LogP contribution in [-0.4, -0.2) is 122 Å². The predicted octanol–water partition coefficient (Wildman–Crippen LogP) is 9.08. The summed E-state index contributed by atoms with van der Waals surface area (Å²) in [6.07, 6.45) is 5.53. The molecule has 5 amide bonds. The number of likely N-dealkylation sites (tertiary alicyclic amines) is 2. The molecule has 3 N–H and O–H groups in total. The predicted molar refractivity (Wildman–Crippen MR) is 282 cm³/mol. The maximum Gasteiger partial charge on any atom is 0.329 e. The molecule has 1 saturated carbocycles. The second kappa shape index (κ2) is 21.9. The Morgan fingerprint density at radius 2 is 1.60 bits per heavy atom. The molecule has 0 radical (unpaired) electrons. The average molecular weight is 1090 g/mol. The average Bonchev–Trinajstić information content (AvgIpc) is 4.00. The third-order valence-electron chi connectivity index (χ3n) is 17.1. The SMILES string of the molecule is CNC(=O)c1ccc(OCCOC)c(F)c1-c1c(Cl)c(F)cc2c1C(C)C(CNC1CCC(C)(C(=O)N3CCC(N4CCC(c5c(F)cc6c(N7CCC(=O)NC7=O)nn(C)c6c5F)CC4)CC3)CC1)(c1ccccc1)O2. The fourth-order valence-electron chi connectivity index (χ4n) is 12.7. The molecule has 5 aliphatic rings. The van der Waals surface area contributed by atoms with Crippen molar-refractivity contribution in [2.75, 3.05) is 71.5 Å². The summed E-state index contributed by atoms with van der Waals surface area (Å²) < 4.78 is 84.2. The van der Waals surface area contributed by atoms with Crippen LogP contribution in [0, 0.1) is 28.7 Å². The number of nitrogens with one attached hydrogen (secondary N) is 3. The number of imide groups is 1. The molecule has 5 heterocycles. The molecule has 4 aliphatic heterocycles. The summed E-state index contributed by atoms with van der Waals surface area (Å²) in [4.78, 5) is 57.7. The molecule has 4 fully saturated rings. The molecule has 15 nitrogen and oxygen atoms in total. The topological polar surface area (TPSA) is 160 Å². The number of methoxy groups -OCH3 is 1. The van der Waals surface area contributed by atoms with Gasteiger partial charge in [-0.25, -0.2) is 22.4 Å². The van der Waals surface area contributed by atoms with Crippen molar-refractivity contribution in [1.82, 2.24) is 35.5 Å². The largest absolute Gasteiger partial charge is 0.488 e. The highest BCUT2D eigenvalue weighted by molar-refractivity contribution is 6.34. The third kappa shape index (κ3) is 9.90. The summed E-state index contributed by atoms with van der Waals surface area (Å²) in [5.41, 5.74) is -0.539. The fraction of sp³-hybridized carbons (Fsp3) is 0.491. The summed E-state index contributed by atoms with van der Waals surface area (Å²) in [6.45, 7) is 7.11. The molecule has 3 saturated heterocycles. The molecular weight excluding hydrogens is 1020 g/mol. The van der Waals surface area contributed by atoms with Crippen molar-refractivity contribution in [1.29, 1.82) is 0 Å².